The normalized spacial score (nSPS) is 12.0. The highest BCUT2D eigenvalue weighted by atomic mass is 19.1. The predicted molar refractivity (Wildman–Crippen MR) is 78.4 cm³/mol. The number of hydrogen-bond donors (Lipinski definition) is 0. The fourth-order valence-electron chi connectivity index (χ4n) is 1.27. The lowest BCUT2D eigenvalue weighted by atomic mass is 9.99. The van der Waals surface area contributed by atoms with E-state index >= 15 is 0 Å². The zero-order valence-corrected chi connectivity index (χ0v) is 11.9. The highest BCUT2D eigenvalue weighted by molar-refractivity contribution is 5.53. The van der Waals surface area contributed by atoms with E-state index in [-0.39, 0.29) is 12.2 Å². The van der Waals surface area contributed by atoms with E-state index in [4.69, 9.17) is 9.47 Å². The van der Waals surface area contributed by atoms with Gasteiger partial charge in [-0.25, -0.2) is 4.39 Å². The highest BCUT2D eigenvalue weighted by Crippen LogP contribution is 2.25. The third kappa shape index (κ3) is 6.02. The molecular weight excluding hydrogens is 243 g/mol. The summed E-state index contributed by atoms with van der Waals surface area (Å²) in [6.07, 6.45) is 2.95. The van der Waals surface area contributed by atoms with Gasteiger partial charge in [0.1, 0.15) is 11.6 Å². The van der Waals surface area contributed by atoms with E-state index in [1.54, 1.807) is 20.1 Å². The molecule has 0 atom stereocenters. The van der Waals surface area contributed by atoms with Crippen LogP contribution in [0.15, 0.2) is 72.3 Å². The summed E-state index contributed by atoms with van der Waals surface area (Å²) < 4.78 is 23.9. The van der Waals surface area contributed by atoms with Gasteiger partial charge in [-0.05, 0) is 30.2 Å². The molecule has 104 valence electrons. The zero-order valence-electron chi connectivity index (χ0n) is 11.9. The van der Waals surface area contributed by atoms with Gasteiger partial charge in [-0.1, -0.05) is 31.9 Å². The van der Waals surface area contributed by atoms with Crippen LogP contribution in [0, 0.1) is 0 Å². The summed E-state index contributed by atoms with van der Waals surface area (Å²) >= 11 is 0. The van der Waals surface area contributed by atoms with Gasteiger partial charge in [-0.15, -0.1) is 0 Å². The number of methoxy groups -OCH3 is 2. The van der Waals surface area contributed by atoms with Crippen molar-refractivity contribution < 1.29 is 13.9 Å². The highest BCUT2D eigenvalue weighted by Gasteiger charge is 2.11. The zero-order chi connectivity index (χ0) is 15.0. The molecule has 2 nitrogen and oxygen atoms in total. The van der Waals surface area contributed by atoms with E-state index in [2.05, 4.69) is 26.3 Å². The van der Waals surface area contributed by atoms with Crippen molar-refractivity contribution in [1.82, 2.24) is 0 Å². The topological polar surface area (TPSA) is 18.5 Å². The summed E-state index contributed by atoms with van der Waals surface area (Å²) in [6, 6.07) is 0. The molecule has 0 saturated carbocycles. The van der Waals surface area contributed by atoms with E-state index in [0.717, 1.165) is 0 Å². The van der Waals surface area contributed by atoms with Gasteiger partial charge in [0.15, 0.2) is 0 Å². The second-order valence-corrected chi connectivity index (χ2v) is 4.07. The summed E-state index contributed by atoms with van der Waals surface area (Å²) in [7, 11) is 3.04. The van der Waals surface area contributed by atoms with E-state index in [1.807, 2.05) is 0 Å². The molecule has 0 amide bonds. The van der Waals surface area contributed by atoms with Crippen molar-refractivity contribution in [3.63, 3.8) is 0 Å². The van der Waals surface area contributed by atoms with Gasteiger partial charge >= 0.3 is 0 Å². The van der Waals surface area contributed by atoms with Crippen LogP contribution in [0.2, 0.25) is 0 Å². The summed E-state index contributed by atoms with van der Waals surface area (Å²) in [5.74, 6) is -0.0344. The van der Waals surface area contributed by atoms with Gasteiger partial charge < -0.3 is 9.47 Å². The monoisotopic (exact) mass is 264 g/mol. The molecule has 0 unspecified atom stereocenters. The van der Waals surface area contributed by atoms with Crippen LogP contribution in [0.3, 0.4) is 0 Å². The molecule has 19 heavy (non-hydrogen) atoms. The molecule has 0 N–H and O–H groups in total. The van der Waals surface area contributed by atoms with Crippen LogP contribution in [-0.2, 0) is 9.47 Å². The van der Waals surface area contributed by atoms with E-state index in [1.165, 1.54) is 13.2 Å². The molecule has 0 radical (unpaired) electrons. The van der Waals surface area contributed by atoms with Crippen LogP contribution in [0.4, 0.5) is 4.39 Å². The lowest BCUT2D eigenvalue weighted by Gasteiger charge is -2.12. The number of halogens is 1. The van der Waals surface area contributed by atoms with Gasteiger partial charge in [-0.2, -0.15) is 0 Å². The molecule has 0 aliphatic rings. The SMILES string of the molecule is C=C(C)/C=C(/F)C(=C)C(=C)/C(=C\C(=C)OC)COC. The van der Waals surface area contributed by atoms with Gasteiger partial charge in [-0.3, -0.25) is 0 Å². The molecule has 0 aromatic heterocycles. The van der Waals surface area contributed by atoms with Crippen molar-refractivity contribution in [3.8, 4) is 0 Å². The first-order valence-corrected chi connectivity index (χ1v) is 5.67. The quantitative estimate of drug-likeness (QED) is 0.481. The van der Waals surface area contributed by atoms with Gasteiger partial charge in [0.2, 0.25) is 0 Å². The Morgan fingerprint density at radius 2 is 1.63 bits per heavy atom. The summed E-state index contributed by atoms with van der Waals surface area (Å²) in [6.45, 7) is 16.8. The largest absolute Gasteiger partial charge is 0.497 e. The smallest absolute Gasteiger partial charge is 0.130 e. The second kappa shape index (κ2) is 8.27. The molecule has 3 heteroatoms. The number of hydrogen-bond acceptors (Lipinski definition) is 2. The first kappa shape index (κ1) is 17.1. The lowest BCUT2D eigenvalue weighted by molar-refractivity contribution is 0.226. The Labute approximate surface area is 114 Å². The maximum Gasteiger partial charge on any atom is 0.130 e. The van der Waals surface area contributed by atoms with Crippen molar-refractivity contribution in [2.75, 3.05) is 20.8 Å². The lowest BCUT2D eigenvalue weighted by Crippen LogP contribution is -2.01. The fraction of sp³-hybridized carbons (Fsp3) is 0.250. The van der Waals surface area contributed by atoms with Crippen molar-refractivity contribution in [2.24, 2.45) is 0 Å². The van der Waals surface area contributed by atoms with E-state index in [9.17, 15) is 4.39 Å². The van der Waals surface area contributed by atoms with Crippen molar-refractivity contribution in [2.45, 2.75) is 6.92 Å². The van der Waals surface area contributed by atoms with Crippen LogP contribution in [0.5, 0.6) is 0 Å². The van der Waals surface area contributed by atoms with E-state index in [0.29, 0.717) is 22.5 Å². The van der Waals surface area contributed by atoms with Gasteiger partial charge in [0.05, 0.1) is 13.7 Å². The maximum absolute atomic E-state index is 13.8. The van der Waals surface area contributed by atoms with Crippen molar-refractivity contribution >= 4 is 0 Å². The molecular formula is C16H21FO2. The molecule has 0 heterocycles. The Bertz CT molecular complexity index is 453. The van der Waals surface area contributed by atoms with Gasteiger partial charge in [0, 0.05) is 12.7 Å². The molecule has 0 fully saturated rings. The van der Waals surface area contributed by atoms with Crippen LogP contribution in [-0.4, -0.2) is 20.8 Å². The number of allylic oxidation sites excluding steroid dienone is 5. The molecule has 0 saturated heterocycles. The second-order valence-electron chi connectivity index (χ2n) is 4.07. The number of ether oxygens (including phenoxy) is 2. The average molecular weight is 264 g/mol. The third-order valence-electron chi connectivity index (χ3n) is 2.31. The summed E-state index contributed by atoms with van der Waals surface area (Å²) in [5, 5.41) is 0. The van der Waals surface area contributed by atoms with Crippen molar-refractivity contribution in [3.05, 3.63) is 72.3 Å². The van der Waals surface area contributed by atoms with Crippen LogP contribution in [0.1, 0.15) is 6.92 Å². The molecule has 0 bridgehead atoms. The Morgan fingerprint density at radius 1 is 1.05 bits per heavy atom. The summed E-state index contributed by atoms with van der Waals surface area (Å²) in [5.41, 5.74) is 1.89. The predicted octanol–water partition coefficient (Wildman–Crippen LogP) is 4.26. The summed E-state index contributed by atoms with van der Waals surface area (Å²) in [4.78, 5) is 0. The minimum absolute atomic E-state index is 0.190. The average Bonchev–Trinajstić information content (AvgIpc) is 2.35. The first-order chi connectivity index (χ1) is 8.83. The first-order valence-electron chi connectivity index (χ1n) is 5.67. The van der Waals surface area contributed by atoms with Crippen LogP contribution >= 0.6 is 0 Å². The number of rotatable bonds is 8. The molecule has 0 aliphatic heterocycles. The minimum Gasteiger partial charge on any atom is -0.497 e. The minimum atomic E-state index is -0.470. The van der Waals surface area contributed by atoms with E-state index < -0.39 is 5.83 Å². The Hall–Kier alpha value is -1.87. The molecule has 0 rings (SSSR count). The maximum atomic E-state index is 13.8. The Morgan fingerprint density at radius 3 is 2.05 bits per heavy atom. The van der Waals surface area contributed by atoms with Crippen LogP contribution < -0.4 is 0 Å². The van der Waals surface area contributed by atoms with Crippen LogP contribution in [0.25, 0.3) is 0 Å². The molecule has 0 aromatic carbocycles. The third-order valence-corrected chi connectivity index (χ3v) is 2.31. The Balaban J connectivity index is 5.22. The van der Waals surface area contributed by atoms with Crippen molar-refractivity contribution in [1.29, 1.82) is 0 Å². The Kier molecular flexibility index (Phi) is 7.46. The molecule has 0 spiro atoms. The molecule has 0 aromatic rings. The fourth-order valence-corrected chi connectivity index (χ4v) is 1.27. The molecule has 0 aliphatic carbocycles. The van der Waals surface area contributed by atoms with Gasteiger partial charge in [0.25, 0.3) is 0 Å². The standard InChI is InChI=1S/C16H21FO2/c1-11(2)8-16(17)14(5)13(4)15(10-18-6)9-12(3)19-7/h8-9H,1,3-5,10H2,2,6-7H3/b15-9-,16-8+.